The molecule has 2 saturated carbocycles. The summed E-state index contributed by atoms with van der Waals surface area (Å²) in [5.74, 6) is 0.742. The van der Waals surface area contributed by atoms with Crippen LogP contribution in [0.2, 0.25) is 0 Å². The number of rotatable bonds is 3. The van der Waals surface area contributed by atoms with Crippen molar-refractivity contribution in [1.29, 1.82) is 5.26 Å². The zero-order valence-electron chi connectivity index (χ0n) is 12.9. The molecule has 112 valence electrons. The molecule has 1 amide bonds. The summed E-state index contributed by atoms with van der Waals surface area (Å²) in [5, 5.41) is 9.59. The molecule has 2 aliphatic carbocycles. The molecular weight excluding hydrogens is 248 g/mol. The van der Waals surface area contributed by atoms with E-state index in [2.05, 4.69) is 6.07 Å². The first kappa shape index (κ1) is 15.4. The first-order chi connectivity index (χ1) is 9.68. The molecule has 0 heterocycles. The van der Waals surface area contributed by atoms with E-state index in [9.17, 15) is 10.1 Å². The quantitative estimate of drug-likeness (QED) is 0.734. The molecule has 3 nitrogen and oxygen atoms in total. The Labute approximate surface area is 123 Å². The van der Waals surface area contributed by atoms with Gasteiger partial charge in [0.1, 0.15) is 5.41 Å². The van der Waals surface area contributed by atoms with Gasteiger partial charge in [0.15, 0.2) is 0 Å². The third-order valence-corrected chi connectivity index (χ3v) is 5.18. The Morgan fingerprint density at radius 1 is 1.10 bits per heavy atom. The average molecular weight is 276 g/mol. The largest absolute Gasteiger partial charge is 0.344 e. The van der Waals surface area contributed by atoms with E-state index in [1.54, 1.807) is 0 Å². The van der Waals surface area contributed by atoms with Crippen LogP contribution in [0.4, 0.5) is 0 Å². The maximum Gasteiger partial charge on any atom is 0.242 e. The zero-order valence-corrected chi connectivity index (χ0v) is 12.9. The molecular formula is C17H28N2O. The Bertz CT molecular complexity index is 358. The van der Waals surface area contributed by atoms with E-state index in [0.29, 0.717) is 5.92 Å². The van der Waals surface area contributed by atoms with Crippen molar-refractivity contribution in [3.63, 3.8) is 0 Å². The number of hydrogen-bond donors (Lipinski definition) is 0. The van der Waals surface area contributed by atoms with Crippen molar-refractivity contribution in [3.8, 4) is 6.07 Å². The Morgan fingerprint density at radius 3 is 2.20 bits per heavy atom. The molecule has 3 heteroatoms. The number of nitrogens with zero attached hydrogens (tertiary/aromatic N) is 2. The fourth-order valence-electron chi connectivity index (χ4n) is 3.91. The maximum atomic E-state index is 12.8. The van der Waals surface area contributed by atoms with Crippen LogP contribution in [0.1, 0.15) is 70.6 Å². The van der Waals surface area contributed by atoms with Crippen molar-refractivity contribution in [2.45, 2.75) is 70.6 Å². The maximum absolute atomic E-state index is 12.8. The van der Waals surface area contributed by atoms with Gasteiger partial charge in [-0.3, -0.25) is 4.79 Å². The second-order valence-electron chi connectivity index (χ2n) is 6.80. The van der Waals surface area contributed by atoms with Gasteiger partial charge >= 0.3 is 0 Å². The van der Waals surface area contributed by atoms with Gasteiger partial charge in [0.2, 0.25) is 5.91 Å². The fourth-order valence-corrected chi connectivity index (χ4v) is 3.91. The first-order valence-corrected chi connectivity index (χ1v) is 8.35. The lowest BCUT2D eigenvalue weighted by Gasteiger charge is -2.32. The second kappa shape index (κ2) is 7.11. The van der Waals surface area contributed by atoms with E-state index in [-0.39, 0.29) is 5.91 Å². The van der Waals surface area contributed by atoms with E-state index in [4.69, 9.17) is 0 Å². The van der Waals surface area contributed by atoms with Gasteiger partial charge in [-0.05, 0) is 31.6 Å². The number of carbonyl (C=O) groups is 1. The summed E-state index contributed by atoms with van der Waals surface area (Å²) < 4.78 is 0. The molecule has 0 aliphatic heterocycles. The molecule has 0 spiro atoms. The highest BCUT2D eigenvalue weighted by Gasteiger charge is 2.41. The fraction of sp³-hybridized carbons (Fsp3) is 0.882. The highest BCUT2D eigenvalue weighted by molar-refractivity contribution is 5.85. The number of hydrogen-bond acceptors (Lipinski definition) is 2. The standard InChI is InChI=1S/C17H28N2O/c1-19(13-15-9-5-4-6-10-15)16(20)17(14-18)11-7-2-3-8-12-17/h15H,2-13H2,1H3. The summed E-state index contributed by atoms with van der Waals surface area (Å²) in [4.78, 5) is 14.6. The summed E-state index contributed by atoms with van der Waals surface area (Å²) in [6.07, 6.45) is 12.4. The molecule has 0 bridgehead atoms. The molecule has 0 saturated heterocycles. The Morgan fingerprint density at radius 2 is 1.65 bits per heavy atom. The first-order valence-electron chi connectivity index (χ1n) is 8.35. The van der Waals surface area contributed by atoms with Crippen LogP contribution in [0.3, 0.4) is 0 Å². The van der Waals surface area contributed by atoms with Crippen molar-refractivity contribution in [2.24, 2.45) is 11.3 Å². The van der Waals surface area contributed by atoms with Crippen LogP contribution in [0.5, 0.6) is 0 Å². The molecule has 0 radical (unpaired) electrons. The van der Waals surface area contributed by atoms with E-state index < -0.39 is 5.41 Å². The monoisotopic (exact) mass is 276 g/mol. The van der Waals surface area contributed by atoms with Crippen molar-refractivity contribution in [3.05, 3.63) is 0 Å². The molecule has 0 aromatic carbocycles. The van der Waals surface area contributed by atoms with Crippen molar-refractivity contribution < 1.29 is 4.79 Å². The van der Waals surface area contributed by atoms with Gasteiger partial charge in [0.25, 0.3) is 0 Å². The van der Waals surface area contributed by atoms with Gasteiger partial charge in [-0.2, -0.15) is 5.26 Å². The lowest BCUT2D eigenvalue weighted by molar-refractivity contribution is -0.139. The molecule has 0 N–H and O–H groups in total. The zero-order chi connectivity index (χ0) is 14.4. The predicted molar refractivity (Wildman–Crippen MR) is 80.0 cm³/mol. The smallest absolute Gasteiger partial charge is 0.242 e. The summed E-state index contributed by atoms with van der Waals surface area (Å²) in [7, 11) is 1.90. The highest BCUT2D eigenvalue weighted by Crippen LogP contribution is 2.36. The van der Waals surface area contributed by atoms with Crippen LogP contribution in [0.15, 0.2) is 0 Å². The van der Waals surface area contributed by atoms with Crippen LogP contribution < -0.4 is 0 Å². The molecule has 0 aromatic heterocycles. The van der Waals surface area contributed by atoms with Crippen LogP contribution in [0, 0.1) is 22.7 Å². The molecule has 0 aromatic rings. The van der Waals surface area contributed by atoms with E-state index in [1.165, 1.54) is 44.9 Å². The molecule has 20 heavy (non-hydrogen) atoms. The predicted octanol–water partition coefficient (Wildman–Crippen LogP) is 3.89. The van der Waals surface area contributed by atoms with Gasteiger partial charge in [-0.1, -0.05) is 44.9 Å². The van der Waals surface area contributed by atoms with Crippen LogP contribution in [0.25, 0.3) is 0 Å². The minimum absolute atomic E-state index is 0.0903. The lowest BCUT2D eigenvalue weighted by Crippen LogP contribution is -2.43. The average Bonchev–Trinajstić information content (AvgIpc) is 2.74. The second-order valence-corrected chi connectivity index (χ2v) is 6.80. The van der Waals surface area contributed by atoms with Crippen molar-refractivity contribution in [1.82, 2.24) is 4.90 Å². The van der Waals surface area contributed by atoms with Crippen LogP contribution in [-0.2, 0) is 4.79 Å². The summed E-state index contributed by atoms with van der Waals surface area (Å²) in [6, 6.07) is 2.38. The number of amides is 1. The third-order valence-electron chi connectivity index (χ3n) is 5.18. The Hall–Kier alpha value is -1.04. The lowest BCUT2D eigenvalue weighted by atomic mass is 9.80. The number of nitriles is 1. The van der Waals surface area contributed by atoms with Crippen molar-refractivity contribution in [2.75, 3.05) is 13.6 Å². The molecule has 2 fully saturated rings. The SMILES string of the molecule is CN(CC1CCCCC1)C(=O)C1(C#N)CCCCCC1. The van der Waals surface area contributed by atoms with E-state index >= 15 is 0 Å². The van der Waals surface area contributed by atoms with E-state index in [1.807, 2.05) is 11.9 Å². The molecule has 0 atom stereocenters. The van der Waals surface area contributed by atoms with E-state index in [0.717, 1.165) is 32.2 Å². The van der Waals surface area contributed by atoms with Gasteiger partial charge in [0.05, 0.1) is 6.07 Å². The Kier molecular flexibility index (Phi) is 5.46. The normalized spacial score (nSPS) is 23.6. The van der Waals surface area contributed by atoms with Crippen molar-refractivity contribution >= 4 is 5.91 Å². The minimum Gasteiger partial charge on any atom is -0.344 e. The minimum atomic E-state index is -0.722. The molecule has 2 aliphatic rings. The summed E-state index contributed by atoms with van der Waals surface area (Å²) in [6.45, 7) is 0.849. The van der Waals surface area contributed by atoms with Gasteiger partial charge in [-0.15, -0.1) is 0 Å². The molecule has 2 rings (SSSR count). The Balaban J connectivity index is 1.97. The molecule has 0 unspecified atom stereocenters. The topological polar surface area (TPSA) is 44.1 Å². The van der Waals surface area contributed by atoms with Crippen LogP contribution >= 0.6 is 0 Å². The third kappa shape index (κ3) is 3.53. The summed E-state index contributed by atoms with van der Waals surface area (Å²) >= 11 is 0. The van der Waals surface area contributed by atoms with Gasteiger partial charge in [-0.25, -0.2) is 0 Å². The number of carbonyl (C=O) groups excluding carboxylic acids is 1. The summed E-state index contributed by atoms with van der Waals surface area (Å²) in [5.41, 5.74) is -0.722. The van der Waals surface area contributed by atoms with Gasteiger partial charge < -0.3 is 4.90 Å². The van der Waals surface area contributed by atoms with Crippen LogP contribution in [-0.4, -0.2) is 24.4 Å². The van der Waals surface area contributed by atoms with Gasteiger partial charge in [0, 0.05) is 13.6 Å². The highest BCUT2D eigenvalue weighted by atomic mass is 16.2.